The first kappa shape index (κ1) is 28.8. The van der Waals surface area contributed by atoms with Gasteiger partial charge in [-0.15, -0.1) is 11.3 Å². The topological polar surface area (TPSA) is 102 Å². The Morgan fingerprint density at radius 1 is 1.26 bits per heavy atom. The largest absolute Gasteiger partial charge is 0.461 e. The smallest absolute Gasteiger partial charge is 0.323 e. The molecule has 0 saturated heterocycles. The molecule has 1 aromatic carbocycles. The Hall–Kier alpha value is -2.42. The Morgan fingerprint density at radius 2 is 1.94 bits per heavy atom. The number of benzene rings is 1. The van der Waals surface area contributed by atoms with Crippen molar-refractivity contribution >= 4 is 22.3 Å². The molecule has 1 heterocycles. The number of hydrogen-bond acceptors (Lipinski definition) is 7. The number of esters is 1. The molecule has 3 rings (SSSR count). The first-order valence-corrected chi connectivity index (χ1v) is 13.2. The second kappa shape index (κ2) is 14.2. The Kier molecular flexibility index (Phi) is 11.7. The van der Waals surface area contributed by atoms with Gasteiger partial charge in [0.2, 0.25) is 0 Å². The summed E-state index contributed by atoms with van der Waals surface area (Å²) in [4.78, 5) is 13.7. The van der Waals surface area contributed by atoms with Crippen LogP contribution in [-0.4, -0.2) is 31.7 Å². The number of halogens is 1. The number of aryl methyl sites for hydroxylation is 1. The first-order valence-electron chi connectivity index (χ1n) is 12.3. The molecule has 1 atom stereocenters. The van der Waals surface area contributed by atoms with Crippen LogP contribution in [0.4, 0.5) is 9.39 Å². The highest BCUT2D eigenvalue weighted by Gasteiger charge is 2.26. The van der Waals surface area contributed by atoms with E-state index in [0.29, 0.717) is 36.7 Å². The fourth-order valence-electron chi connectivity index (χ4n) is 4.18. The van der Waals surface area contributed by atoms with Crippen molar-refractivity contribution in [1.82, 2.24) is 5.32 Å². The summed E-state index contributed by atoms with van der Waals surface area (Å²) in [5.41, 5.74) is 12.8. The molecule has 0 bridgehead atoms. The molecule has 1 aromatic heterocycles. The van der Waals surface area contributed by atoms with Crippen molar-refractivity contribution in [1.29, 1.82) is 0 Å². The zero-order chi connectivity index (χ0) is 26.0. The van der Waals surface area contributed by atoms with E-state index in [1.165, 1.54) is 13.1 Å². The number of nitrogens with two attached hydrogens (primary N) is 2. The molecule has 2 aromatic rings. The van der Waals surface area contributed by atoms with Gasteiger partial charge < -0.3 is 26.8 Å². The molecule has 0 aliphatic heterocycles. The summed E-state index contributed by atoms with van der Waals surface area (Å²) in [6.07, 6.45) is 5.39. The Bertz CT molecular complexity index is 970. The third-order valence-corrected chi connectivity index (χ3v) is 7.09. The molecule has 194 valence electrons. The number of rotatable bonds is 11. The van der Waals surface area contributed by atoms with Crippen LogP contribution in [0, 0.1) is 18.7 Å². The third kappa shape index (κ3) is 8.94. The van der Waals surface area contributed by atoms with Gasteiger partial charge in [0.15, 0.2) is 0 Å². The molecule has 1 aliphatic carbocycles. The van der Waals surface area contributed by atoms with Gasteiger partial charge in [-0.2, -0.15) is 0 Å². The molecule has 6 nitrogen and oxygen atoms in total. The fraction of sp³-hybridized carbons (Fsp3) is 0.519. The molecule has 0 amide bonds. The van der Waals surface area contributed by atoms with Crippen molar-refractivity contribution < 1.29 is 13.9 Å². The van der Waals surface area contributed by atoms with Gasteiger partial charge in [-0.05, 0) is 93.3 Å². The number of hydrogen-bond donors (Lipinski definition) is 4. The van der Waals surface area contributed by atoms with Crippen molar-refractivity contribution in [2.45, 2.75) is 71.4 Å². The molecule has 6 N–H and O–H groups in total. The summed E-state index contributed by atoms with van der Waals surface area (Å²) in [5.74, 6) is 0.324. The quantitative estimate of drug-likeness (QED) is 0.309. The lowest BCUT2D eigenvalue weighted by Gasteiger charge is -2.22. The van der Waals surface area contributed by atoms with Gasteiger partial charge in [-0.1, -0.05) is 26.5 Å². The van der Waals surface area contributed by atoms with E-state index < -0.39 is 0 Å². The van der Waals surface area contributed by atoms with Gasteiger partial charge in [-0.25, -0.2) is 4.39 Å². The fourth-order valence-corrected chi connectivity index (χ4v) is 5.28. The Balaban J connectivity index is 0.00000210. The SMILES string of the molecule is C=C(N)Nc1sc(-c2ccc(F)c(CCNC(CC(C)C)C(=O)OC3CCCC3)c2)cc1C.CN. The van der Waals surface area contributed by atoms with Crippen LogP contribution in [0.1, 0.15) is 57.1 Å². The van der Waals surface area contributed by atoms with Crippen molar-refractivity contribution in [2.75, 3.05) is 18.9 Å². The average molecular weight is 505 g/mol. The normalized spacial score (nSPS) is 14.4. The summed E-state index contributed by atoms with van der Waals surface area (Å²) in [7, 11) is 1.50. The number of nitrogens with one attached hydrogen (secondary N) is 2. The second-order valence-electron chi connectivity index (χ2n) is 9.31. The highest BCUT2D eigenvalue weighted by Crippen LogP contribution is 2.36. The Morgan fingerprint density at radius 3 is 2.57 bits per heavy atom. The molecular formula is C27H41FN4O2S. The molecule has 1 aliphatic rings. The van der Waals surface area contributed by atoms with Crippen LogP contribution in [-0.2, 0) is 16.0 Å². The predicted octanol–water partition coefficient (Wildman–Crippen LogP) is 5.31. The van der Waals surface area contributed by atoms with Crippen LogP contribution >= 0.6 is 11.3 Å². The van der Waals surface area contributed by atoms with E-state index in [0.717, 1.165) is 46.7 Å². The van der Waals surface area contributed by atoms with E-state index in [2.05, 4.69) is 42.9 Å². The molecule has 35 heavy (non-hydrogen) atoms. The minimum atomic E-state index is -0.366. The first-order chi connectivity index (χ1) is 16.7. The van der Waals surface area contributed by atoms with Gasteiger partial charge >= 0.3 is 5.97 Å². The van der Waals surface area contributed by atoms with Gasteiger partial charge in [-0.3, -0.25) is 4.79 Å². The van der Waals surface area contributed by atoms with Crippen LogP contribution in [0.5, 0.6) is 0 Å². The van der Waals surface area contributed by atoms with Crippen LogP contribution in [0.3, 0.4) is 0 Å². The molecule has 1 unspecified atom stereocenters. The lowest BCUT2D eigenvalue weighted by molar-refractivity contribution is -0.151. The predicted molar refractivity (Wildman–Crippen MR) is 145 cm³/mol. The summed E-state index contributed by atoms with van der Waals surface area (Å²) in [6.45, 7) is 10.4. The van der Waals surface area contributed by atoms with Crippen LogP contribution < -0.4 is 22.1 Å². The van der Waals surface area contributed by atoms with Crippen molar-refractivity contribution in [2.24, 2.45) is 17.4 Å². The Labute approximate surface area is 213 Å². The zero-order valence-corrected chi connectivity index (χ0v) is 22.3. The maximum atomic E-state index is 14.5. The van der Waals surface area contributed by atoms with Gasteiger partial charge in [0, 0.05) is 11.4 Å². The summed E-state index contributed by atoms with van der Waals surface area (Å²) in [5, 5.41) is 7.32. The van der Waals surface area contributed by atoms with Crippen LogP contribution in [0.15, 0.2) is 36.7 Å². The van der Waals surface area contributed by atoms with Crippen molar-refractivity contribution in [3.8, 4) is 10.4 Å². The van der Waals surface area contributed by atoms with E-state index in [-0.39, 0.29) is 23.9 Å². The molecule has 1 saturated carbocycles. The monoisotopic (exact) mass is 504 g/mol. The average Bonchev–Trinajstić information content (AvgIpc) is 3.45. The lowest BCUT2D eigenvalue weighted by Crippen LogP contribution is -2.41. The van der Waals surface area contributed by atoms with E-state index in [9.17, 15) is 9.18 Å². The van der Waals surface area contributed by atoms with Gasteiger partial charge in [0.1, 0.15) is 18.0 Å². The second-order valence-corrected chi connectivity index (χ2v) is 10.4. The maximum absolute atomic E-state index is 14.5. The molecule has 1 fully saturated rings. The molecule has 8 heteroatoms. The maximum Gasteiger partial charge on any atom is 0.323 e. The van der Waals surface area contributed by atoms with Crippen molar-refractivity contribution in [3.05, 3.63) is 53.6 Å². The van der Waals surface area contributed by atoms with Crippen LogP contribution in [0.25, 0.3) is 10.4 Å². The number of anilines is 1. The molecule has 0 radical (unpaired) electrons. The highest BCUT2D eigenvalue weighted by molar-refractivity contribution is 7.19. The standard InChI is InChI=1S/C26H36FN3O2S.CH5N/c1-16(2)13-23(26(31)32-21-7-5-6-8-21)29-12-11-19-15-20(9-10-22(19)27)24-14-17(3)25(33-24)30-18(4)28;1-2/h9-10,14-16,21,23,29-30H,4-8,11-13,28H2,1-3H3;2H2,1H3. The van der Waals surface area contributed by atoms with E-state index in [1.807, 2.05) is 13.0 Å². The minimum absolute atomic E-state index is 0.0492. The van der Waals surface area contributed by atoms with Gasteiger partial charge in [0.25, 0.3) is 0 Å². The summed E-state index contributed by atoms with van der Waals surface area (Å²) in [6, 6.07) is 6.88. The number of ether oxygens (including phenoxy) is 1. The van der Waals surface area contributed by atoms with E-state index >= 15 is 0 Å². The zero-order valence-electron chi connectivity index (χ0n) is 21.5. The molecule has 0 spiro atoms. The summed E-state index contributed by atoms with van der Waals surface area (Å²) >= 11 is 1.56. The summed E-state index contributed by atoms with van der Waals surface area (Å²) < 4.78 is 20.3. The van der Waals surface area contributed by atoms with E-state index in [1.54, 1.807) is 17.4 Å². The third-order valence-electron chi connectivity index (χ3n) is 5.88. The van der Waals surface area contributed by atoms with E-state index in [4.69, 9.17) is 10.5 Å². The van der Waals surface area contributed by atoms with Crippen LogP contribution in [0.2, 0.25) is 0 Å². The molecular weight excluding hydrogens is 463 g/mol. The minimum Gasteiger partial charge on any atom is -0.461 e. The number of carbonyl (C=O) groups is 1. The lowest BCUT2D eigenvalue weighted by atomic mass is 10.0. The van der Waals surface area contributed by atoms with Gasteiger partial charge in [0.05, 0.1) is 10.8 Å². The number of thiophene rings is 1. The number of carbonyl (C=O) groups excluding carboxylic acids is 1. The highest BCUT2D eigenvalue weighted by atomic mass is 32.1. The van der Waals surface area contributed by atoms with Crippen molar-refractivity contribution in [3.63, 3.8) is 0 Å².